The summed E-state index contributed by atoms with van der Waals surface area (Å²) in [5.41, 5.74) is 1.79. The normalized spacial score (nSPS) is 17.9. The summed E-state index contributed by atoms with van der Waals surface area (Å²) in [7, 11) is 6.65. The van der Waals surface area contributed by atoms with Gasteiger partial charge < -0.3 is 49.1 Å². The Kier molecular flexibility index (Phi) is 18.3. The average Bonchev–Trinajstić information content (AvgIpc) is 4.08. The van der Waals surface area contributed by atoms with Crippen molar-refractivity contribution in [2.24, 2.45) is 0 Å². The number of aldehydes is 1. The fraction of sp³-hybridized carbons (Fsp3) is 0.571. The number of piperidine rings is 1. The van der Waals surface area contributed by atoms with E-state index in [1.165, 1.54) is 77.2 Å². The number of rotatable bonds is 17. The maximum atomic E-state index is 9.52. The SMILES string of the molecule is C=CCCC=O.C=CCCCN1CCCC(Nc2nc(N3CCCC3)nc3cc(OC)c(OC)cc23)C1.COc1cc2nc(N3CCCC3)nc(NC3CCCCC3)c2cc1OC. The van der Waals surface area contributed by atoms with E-state index in [9.17, 15) is 4.79 Å². The second kappa shape index (κ2) is 24.5. The lowest BCUT2D eigenvalue weighted by atomic mass is 9.95. The van der Waals surface area contributed by atoms with Gasteiger partial charge in [0.15, 0.2) is 23.0 Å². The highest BCUT2D eigenvalue weighted by Gasteiger charge is 2.25. The molecule has 2 aromatic carbocycles. The molecule has 0 bridgehead atoms. The smallest absolute Gasteiger partial charge is 0.227 e. The van der Waals surface area contributed by atoms with Crippen LogP contribution in [-0.4, -0.2) is 117 Å². The molecular formula is C49H71N9O5. The third-order valence-corrected chi connectivity index (χ3v) is 12.3. The average molecular weight is 866 g/mol. The van der Waals surface area contributed by atoms with Gasteiger partial charge in [0.2, 0.25) is 11.9 Å². The number of allylic oxidation sites excluding steroid dienone is 2. The Morgan fingerprint density at radius 3 is 1.52 bits per heavy atom. The van der Waals surface area contributed by atoms with Gasteiger partial charge in [-0.3, -0.25) is 0 Å². The standard InChI is InChI=1S/C24H35N5O2.C20H28N4O2.C5H8O/c1-4-5-6-11-28-12-9-10-18(17-28)25-23-19-15-21(30-2)22(31-3)16-20(19)26-24(27-23)29-13-7-8-14-29;1-25-17-12-15-16(13-18(17)26-2)22-20(24-10-6-7-11-24)23-19(15)21-14-8-4-3-5-9-14;1-2-3-4-5-6/h4,15-16,18H,1,5-14,17H2,2-3H3,(H,25,26,27);12-14H,3-11H2,1-2H3,(H,21,22,23);2,5H,1,3-4H2. The van der Waals surface area contributed by atoms with E-state index in [0.717, 1.165) is 110 Å². The van der Waals surface area contributed by atoms with Gasteiger partial charge in [0.05, 0.1) is 39.5 Å². The molecule has 2 aromatic heterocycles. The minimum absolute atomic E-state index is 0.370. The summed E-state index contributed by atoms with van der Waals surface area (Å²) in [6, 6.07) is 8.77. The van der Waals surface area contributed by atoms with E-state index >= 15 is 0 Å². The number of carbonyl (C=O) groups excluding carboxylic acids is 1. The minimum Gasteiger partial charge on any atom is -0.493 e. The van der Waals surface area contributed by atoms with Crippen LogP contribution in [0.5, 0.6) is 23.0 Å². The van der Waals surface area contributed by atoms with Crippen molar-refractivity contribution in [1.82, 2.24) is 24.8 Å². The summed E-state index contributed by atoms with van der Waals surface area (Å²) in [5, 5.41) is 9.44. The monoisotopic (exact) mass is 866 g/mol. The predicted molar refractivity (Wildman–Crippen MR) is 257 cm³/mol. The zero-order valence-electron chi connectivity index (χ0n) is 38.3. The number of hydrogen-bond donors (Lipinski definition) is 2. The molecule has 1 saturated carbocycles. The number of benzene rings is 2. The number of unbranched alkanes of at least 4 members (excludes halogenated alkanes) is 2. The molecule has 14 nitrogen and oxygen atoms in total. The Labute approximate surface area is 374 Å². The first kappa shape index (κ1) is 47.1. The lowest BCUT2D eigenvalue weighted by Gasteiger charge is -2.33. The molecule has 8 rings (SSSR count). The van der Waals surface area contributed by atoms with E-state index in [0.29, 0.717) is 41.5 Å². The Morgan fingerprint density at radius 1 is 0.587 bits per heavy atom. The number of ether oxygens (including phenoxy) is 4. The molecule has 1 aliphatic carbocycles. The summed E-state index contributed by atoms with van der Waals surface area (Å²) in [6.45, 7) is 14.7. The van der Waals surface area contributed by atoms with E-state index in [-0.39, 0.29) is 0 Å². The summed E-state index contributed by atoms with van der Waals surface area (Å²) in [4.78, 5) is 36.2. The van der Waals surface area contributed by atoms with Gasteiger partial charge in [-0.1, -0.05) is 31.4 Å². The summed E-state index contributed by atoms with van der Waals surface area (Å²) < 4.78 is 22.1. The van der Waals surface area contributed by atoms with E-state index in [4.69, 9.17) is 38.9 Å². The zero-order valence-corrected chi connectivity index (χ0v) is 38.3. The number of anilines is 4. The van der Waals surface area contributed by atoms with E-state index in [1.807, 2.05) is 30.3 Å². The van der Waals surface area contributed by atoms with Gasteiger partial charge in [-0.05, 0) is 95.9 Å². The van der Waals surface area contributed by atoms with E-state index < -0.39 is 0 Å². The van der Waals surface area contributed by atoms with E-state index in [2.05, 4.69) is 38.5 Å². The number of carbonyl (C=O) groups is 1. The van der Waals surface area contributed by atoms with Crippen LogP contribution in [0, 0.1) is 0 Å². The van der Waals surface area contributed by atoms with Gasteiger partial charge in [-0.25, -0.2) is 9.97 Å². The van der Waals surface area contributed by atoms with Crippen LogP contribution in [0.2, 0.25) is 0 Å². The van der Waals surface area contributed by atoms with Gasteiger partial charge in [-0.2, -0.15) is 9.97 Å². The molecular weight excluding hydrogens is 795 g/mol. The van der Waals surface area contributed by atoms with Crippen LogP contribution in [0.4, 0.5) is 23.5 Å². The van der Waals surface area contributed by atoms with Crippen molar-refractivity contribution in [3.8, 4) is 23.0 Å². The van der Waals surface area contributed by atoms with Crippen LogP contribution in [0.25, 0.3) is 21.8 Å². The van der Waals surface area contributed by atoms with Gasteiger partial charge in [0.1, 0.15) is 17.9 Å². The Bertz CT molecular complexity index is 2070. The molecule has 1 atom stereocenters. The fourth-order valence-corrected chi connectivity index (χ4v) is 8.88. The van der Waals surface area contributed by atoms with Crippen molar-refractivity contribution in [2.75, 3.05) is 94.7 Å². The molecule has 5 heterocycles. The van der Waals surface area contributed by atoms with Crippen LogP contribution in [0.15, 0.2) is 49.6 Å². The molecule has 4 aromatic rings. The number of aromatic nitrogens is 4. The molecule has 14 heteroatoms. The molecule has 2 N–H and O–H groups in total. The molecule has 3 aliphatic heterocycles. The number of nitrogens with zero attached hydrogens (tertiary/aromatic N) is 7. The van der Waals surface area contributed by atoms with Gasteiger partial charge in [-0.15, -0.1) is 13.2 Å². The fourth-order valence-electron chi connectivity index (χ4n) is 8.88. The van der Waals surface area contributed by atoms with Crippen molar-refractivity contribution in [3.63, 3.8) is 0 Å². The Balaban J connectivity index is 0.000000188. The Morgan fingerprint density at radius 2 is 1.06 bits per heavy atom. The van der Waals surface area contributed by atoms with Crippen molar-refractivity contribution in [3.05, 3.63) is 49.6 Å². The number of hydrogen-bond acceptors (Lipinski definition) is 14. The first-order valence-corrected chi connectivity index (χ1v) is 23.2. The number of fused-ring (bicyclic) bond motifs is 2. The highest BCUT2D eigenvalue weighted by atomic mass is 16.5. The van der Waals surface area contributed by atoms with Gasteiger partial charge in [0.25, 0.3) is 0 Å². The maximum absolute atomic E-state index is 9.52. The van der Waals surface area contributed by atoms with Crippen LogP contribution >= 0.6 is 0 Å². The third-order valence-electron chi connectivity index (χ3n) is 12.3. The number of methoxy groups -OCH3 is 4. The van der Waals surface area contributed by atoms with Crippen molar-refractivity contribution >= 4 is 51.6 Å². The molecule has 342 valence electrons. The molecule has 3 saturated heterocycles. The molecule has 0 radical (unpaired) electrons. The van der Waals surface area contributed by atoms with Gasteiger partial charge >= 0.3 is 0 Å². The van der Waals surface area contributed by atoms with Crippen LogP contribution in [0.3, 0.4) is 0 Å². The molecule has 4 aliphatic rings. The van der Waals surface area contributed by atoms with Gasteiger partial charge in [0, 0.05) is 74.1 Å². The molecule has 1 unspecified atom stereocenters. The minimum atomic E-state index is 0.370. The quantitative estimate of drug-likeness (QED) is 0.0592. The topological polar surface area (TPSA) is 139 Å². The highest BCUT2D eigenvalue weighted by molar-refractivity contribution is 5.94. The van der Waals surface area contributed by atoms with Crippen LogP contribution in [0.1, 0.15) is 96.3 Å². The lowest BCUT2D eigenvalue weighted by molar-refractivity contribution is -0.107. The van der Waals surface area contributed by atoms with Crippen LogP contribution in [-0.2, 0) is 4.79 Å². The zero-order chi connectivity index (χ0) is 44.4. The Hall–Kier alpha value is -5.37. The first-order valence-electron chi connectivity index (χ1n) is 23.2. The summed E-state index contributed by atoms with van der Waals surface area (Å²) >= 11 is 0. The first-order chi connectivity index (χ1) is 30.9. The summed E-state index contributed by atoms with van der Waals surface area (Å²) in [5.74, 6) is 6.25. The predicted octanol–water partition coefficient (Wildman–Crippen LogP) is 9.23. The molecule has 0 amide bonds. The highest BCUT2D eigenvalue weighted by Crippen LogP contribution is 2.38. The molecule has 63 heavy (non-hydrogen) atoms. The van der Waals surface area contributed by atoms with Crippen LogP contribution < -0.4 is 39.4 Å². The van der Waals surface area contributed by atoms with Crippen molar-refractivity contribution < 1.29 is 23.7 Å². The molecule has 4 fully saturated rings. The lowest BCUT2D eigenvalue weighted by Crippen LogP contribution is -2.42. The second-order valence-electron chi connectivity index (χ2n) is 16.8. The second-order valence-corrected chi connectivity index (χ2v) is 16.8. The molecule has 0 spiro atoms. The maximum Gasteiger partial charge on any atom is 0.227 e. The van der Waals surface area contributed by atoms with Crippen molar-refractivity contribution in [1.29, 1.82) is 0 Å². The largest absolute Gasteiger partial charge is 0.493 e. The number of likely N-dealkylation sites (tertiary alicyclic amines) is 1. The van der Waals surface area contributed by atoms with E-state index in [1.54, 1.807) is 34.5 Å². The third kappa shape index (κ3) is 12.9. The summed E-state index contributed by atoms with van der Waals surface area (Å²) in [6.07, 6.45) is 21.8. The van der Waals surface area contributed by atoms with Crippen molar-refractivity contribution in [2.45, 2.75) is 108 Å². The number of nitrogens with one attached hydrogen (secondary N) is 2.